The van der Waals surface area contributed by atoms with Crippen molar-refractivity contribution in [1.82, 2.24) is 4.98 Å². The molecular weight excluding hydrogens is 230 g/mol. The van der Waals surface area contributed by atoms with Crippen molar-refractivity contribution < 1.29 is 13.9 Å². The molecule has 0 saturated carbocycles. The van der Waals surface area contributed by atoms with Crippen molar-refractivity contribution in [2.75, 3.05) is 0 Å². The highest BCUT2D eigenvalue weighted by Gasteiger charge is 2.10. The molecule has 0 bridgehead atoms. The maximum absolute atomic E-state index is 10.6. The zero-order chi connectivity index (χ0) is 13.1. The van der Waals surface area contributed by atoms with Crippen LogP contribution in [0.2, 0.25) is 0 Å². The van der Waals surface area contributed by atoms with Gasteiger partial charge in [0.15, 0.2) is 18.7 Å². The van der Waals surface area contributed by atoms with Crippen molar-refractivity contribution in [2.24, 2.45) is 0 Å². The number of aromatic nitrogens is 1. The highest BCUT2D eigenvalue weighted by molar-refractivity contribution is 5.71. The van der Waals surface area contributed by atoms with E-state index in [-0.39, 0.29) is 12.4 Å². The molecule has 1 heterocycles. The van der Waals surface area contributed by atoms with Crippen molar-refractivity contribution >= 4 is 6.29 Å². The van der Waals surface area contributed by atoms with E-state index in [1.165, 1.54) is 5.56 Å². The summed E-state index contributed by atoms with van der Waals surface area (Å²) in [7, 11) is 0. The van der Waals surface area contributed by atoms with Gasteiger partial charge in [0.05, 0.1) is 5.69 Å². The maximum atomic E-state index is 10.6. The summed E-state index contributed by atoms with van der Waals surface area (Å²) < 4.78 is 10.9. The molecule has 18 heavy (non-hydrogen) atoms. The van der Waals surface area contributed by atoms with Crippen LogP contribution in [0.15, 0.2) is 22.6 Å². The fraction of sp³-hybridized carbons (Fsp3) is 0.286. The Balaban J connectivity index is 2.11. The third kappa shape index (κ3) is 2.42. The molecule has 0 unspecified atom stereocenters. The monoisotopic (exact) mass is 245 g/mol. The molecule has 0 radical (unpaired) electrons. The molecule has 94 valence electrons. The lowest BCUT2D eigenvalue weighted by molar-refractivity contribution is 0.109. The van der Waals surface area contributed by atoms with Crippen LogP contribution in [0.5, 0.6) is 5.75 Å². The van der Waals surface area contributed by atoms with Crippen LogP contribution in [0.25, 0.3) is 0 Å². The normalized spacial score (nSPS) is 10.4. The molecule has 0 fully saturated rings. The topological polar surface area (TPSA) is 52.3 Å². The minimum atomic E-state index is 0.221. The van der Waals surface area contributed by atoms with Crippen molar-refractivity contribution in [3.63, 3.8) is 0 Å². The third-order valence-electron chi connectivity index (χ3n) is 2.89. The molecule has 0 aliphatic rings. The number of benzene rings is 1. The van der Waals surface area contributed by atoms with Crippen LogP contribution in [-0.2, 0) is 6.61 Å². The first-order valence-electron chi connectivity index (χ1n) is 5.72. The van der Waals surface area contributed by atoms with E-state index in [2.05, 4.69) is 4.98 Å². The maximum Gasteiger partial charge on any atom is 0.233 e. The average Bonchev–Trinajstić information content (AvgIpc) is 2.72. The van der Waals surface area contributed by atoms with Crippen LogP contribution in [0, 0.1) is 20.8 Å². The van der Waals surface area contributed by atoms with Crippen molar-refractivity contribution in [3.8, 4) is 5.75 Å². The van der Waals surface area contributed by atoms with Crippen molar-refractivity contribution in [3.05, 3.63) is 46.7 Å². The summed E-state index contributed by atoms with van der Waals surface area (Å²) in [6.45, 7) is 5.98. The molecule has 0 aliphatic carbocycles. The number of rotatable bonds is 4. The molecule has 1 aromatic heterocycles. The van der Waals surface area contributed by atoms with Crippen LogP contribution in [0.4, 0.5) is 0 Å². The summed E-state index contributed by atoms with van der Waals surface area (Å²) in [6.07, 6.45) is 0.656. The summed E-state index contributed by atoms with van der Waals surface area (Å²) in [4.78, 5) is 14.8. The number of ether oxygens (including phenoxy) is 1. The summed E-state index contributed by atoms with van der Waals surface area (Å²) in [5, 5.41) is 0. The Hall–Kier alpha value is -2.10. The van der Waals surface area contributed by atoms with Crippen molar-refractivity contribution in [1.29, 1.82) is 0 Å². The SMILES string of the molecule is Cc1cccc(OCc2nc(C)c(C=O)o2)c1C. The Bertz CT molecular complexity index is 572. The molecule has 0 saturated heterocycles. The second-order valence-corrected chi connectivity index (χ2v) is 4.16. The van der Waals surface area contributed by atoms with Gasteiger partial charge in [-0.3, -0.25) is 4.79 Å². The van der Waals surface area contributed by atoms with Gasteiger partial charge in [-0.15, -0.1) is 0 Å². The predicted octanol–water partition coefficient (Wildman–Crippen LogP) is 2.99. The molecule has 0 aliphatic heterocycles. The highest BCUT2D eigenvalue weighted by Crippen LogP contribution is 2.21. The van der Waals surface area contributed by atoms with Gasteiger partial charge in [0, 0.05) is 0 Å². The first-order valence-corrected chi connectivity index (χ1v) is 5.72. The number of hydrogen-bond acceptors (Lipinski definition) is 4. The number of aryl methyl sites for hydroxylation is 2. The minimum absolute atomic E-state index is 0.221. The molecule has 0 N–H and O–H groups in total. The first kappa shape index (κ1) is 12.4. The molecule has 0 amide bonds. The molecular formula is C14H15NO3. The van der Waals surface area contributed by atoms with Crippen LogP contribution < -0.4 is 4.74 Å². The predicted molar refractivity (Wildman–Crippen MR) is 66.9 cm³/mol. The van der Waals surface area contributed by atoms with Gasteiger partial charge in [0.2, 0.25) is 5.89 Å². The standard InChI is InChI=1S/C14H15NO3/c1-9-5-4-6-12(10(9)2)17-8-14-15-11(3)13(7-16)18-14/h4-7H,8H2,1-3H3. The first-order chi connectivity index (χ1) is 8.61. The number of carbonyl (C=O) groups excluding carboxylic acids is 1. The van der Waals surface area contributed by atoms with E-state index in [1.54, 1.807) is 6.92 Å². The molecule has 2 rings (SSSR count). The lowest BCUT2D eigenvalue weighted by Crippen LogP contribution is -1.98. The summed E-state index contributed by atoms with van der Waals surface area (Å²) in [6, 6.07) is 5.87. The van der Waals surface area contributed by atoms with E-state index < -0.39 is 0 Å². The fourth-order valence-corrected chi connectivity index (χ4v) is 1.66. The zero-order valence-electron chi connectivity index (χ0n) is 10.7. The fourth-order valence-electron chi connectivity index (χ4n) is 1.66. The van der Waals surface area contributed by atoms with Gasteiger partial charge in [0.25, 0.3) is 0 Å². The Morgan fingerprint density at radius 1 is 1.33 bits per heavy atom. The van der Waals surface area contributed by atoms with Gasteiger partial charge in [-0.1, -0.05) is 12.1 Å². The Kier molecular flexibility index (Phi) is 3.46. The van der Waals surface area contributed by atoms with Crippen molar-refractivity contribution in [2.45, 2.75) is 27.4 Å². The second-order valence-electron chi connectivity index (χ2n) is 4.16. The average molecular weight is 245 g/mol. The third-order valence-corrected chi connectivity index (χ3v) is 2.89. The van der Waals surface area contributed by atoms with E-state index in [0.29, 0.717) is 17.9 Å². The zero-order valence-corrected chi connectivity index (χ0v) is 10.7. The Morgan fingerprint density at radius 3 is 2.78 bits per heavy atom. The molecule has 0 atom stereocenters. The van der Waals surface area contributed by atoms with Gasteiger partial charge in [-0.2, -0.15) is 0 Å². The molecule has 4 nitrogen and oxygen atoms in total. The summed E-state index contributed by atoms with van der Waals surface area (Å²) in [5.74, 6) is 1.48. The molecule has 4 heteroatoms. The lowest BCUT2D eigenvalue weighted by Gasteiger charge is -2.08. The molecule has 0 spiro atoms. The Morgan fingerprint density at radius 2 is 2.11 bits per heavy atom. The van der Waals surface area contributed by atoms with Gasteiger partial charge < -0.3 is 9.15 Å². The Labute approximate surface area is 106 Å². The molecule has 2 aromatic rings. The van der Waals surface area contributed by atoms with Crippen LogP contribution in [0.3, 0.4) is 0 Å². The quantitative estimate of drug-likeness (QED) is 0.777. The van der Waals surface area contributed by atoms with E-state index in [9.17, 15) is 4.79 Å². The number of hydrogen-bond donors (Lipinski definition) is 0. The van der Waals surface area contributed by atoms with E-state index in [4.69, 9.17) is 9.15 Å². The number of aldehydes is 1. The van der Waals surface area contributed by atoms with Gasteiger partial charge >= 0.3 is 0 Å². The van der Waals surface area contributed by atoms with E-state index in [0.717, 1.165) is 11.3 Å². The minimum Gasteiger partial charge on any atom is -0.484 e. The van der Waals surface area contributed by atoms with Gasteiger partial charge in [-0.25, -0.2) is 4.98 Å². The smallest absolute Gasteiger partial charge is 0.233 e. The number of carbonyl (C=O) groups is 1. The van der Waals surface area contributed by atoms with Gasteiger partial charge in [0.1, 0.15) is 5.75 Å². The van der Waals surface area contributed by atoms with E-state index >= 15 is 0 Å². The van der Waals surface area contributed by atoms with Crippen LogP contribution >= 0.6 is 0 Å². The second kappa shape index (κ2) is 5.04. The van der Waals surface area contributed by atoms with Crippen LogP contribution in [0.1, 0.15) is 33.3 Å². The summed E-state index contributed by atoms with van der Waals surface area (Å²) >= 11 is 0. The largest absolute Gasteiger partial charge is 0.484 e. The summed E-state index contributed by atoms with van der Waals surface area (Å²) in [5.41, 5.74) is 2.85. The van der Waals surface area contributed by atoms with E-state index in [1.807, 2.05) is 32.0 Å². The molecule has 1 aromatic carbocycles. The van der Waals surface area contributed by atoms with Crippen LogP contribution in [-0.4, -0.2) is 11.3 Å². The number of nitrogens with zero attached hydrogens (tertiary/aromatic N) is 1. The van der Waals surface area contributed by atoms with Gasteiger partial charge in [-0.05, 0) is 38.0 Å². The number of oxazole rings is 1. The highest BCUT2D eigenvalue weighted by atomic mass is 16.5. The lowest BCUT2D eigenvalue weighted by atomic mass is 10.1.